The molecule has 0 saturated carbocycles. The Morgan fingerprint density at radius 3 is 1.47 bits per heavy atom. The Morgan fingerprint density at radius 2 is 1.00 bits per heavy atom. The van der Waals surface area contributed by atoms with Gasteiger partial charge in [0.05, 0.1) is 17.6 Å². The predicted molar refractivity (Wildman–Crippen MR) is 386 cm³/mol. The molecule has 27 heteroatoms. The van der Waals surface area contributed by atoms with Crippen LogP contribution in [0.5, 0.6) is 0 Å². The normalized spacial score (nSPS) is 26.0. The van der Waals surface area contributed by atoms with Crippen molar-refractivity contribution in [2.24, 2.45) is 35.5 Å². The molecular formula is C70H128N12O13S2. The molecule has 1 rings (SSSR count). The lowest BCUT2D eigenvalue weighted by atomic mass is 9.91. The van der Waals surface area contributed by atoms with Crippen molar-refractivity contribution in [3.8, 4) is 0 Å². The molecule has 558 valence electrons. The Labute approximate surface area is 590 Å². The molecule has 0 aromatic heterocycles. The smallest absolute Gasteiger partial charge is 0.256 e. The van der Waals surface area contributed by atoms with Gasteiger partial charge in [-0.1, -0.05) is 109 Å². The van der Waals surface area contributed by atoms with Crippen LogP contribution in [0.2, 0.25) is 0 Å². The summed E-state index contributed by atoms with van der Waals surface area (Å²) in [6, 6.07) is -12.9. The maximum atomic E-state index is 15.6. The molecule has 1 aliphatic rings. The second kappa shape index (κ2) is 41.9. The van der Waals surface area contributed by atoms with E-state index in [1.54, 1.807) is 61.5 Å². The van der Waals surface area contributed by atoms with Gasteiger partial charge in [0, 0.05) is 68.1 Å². The van der Waals surface area contributed by atoms with Crippen LogP contribution in [0.3, 0.4) is 0 Å². The highest BCUT2D eigenvalue weighted by atomic mass is 32.2. The summed E-state index contributed by atoms with van der Waals surface area (Å²) in [6.07, 6.45) is 4.53. The Bertz CT molecular complexity index is 2620. The molecule has 1 saturated heterocycles. The van der Waals surface area contributed by atoms with Crippen LogP contribution >= 0.6 is 23.5 Å². The molecule has 0 aromatic carbocycles. The monoisotopic (exact) mass is 1410 g/mol. The fraction of sp³-hybridized carbons (Fsp3) is 0.814. The van der Waals surface area contributed by atoms with Crippen molar-refractivity contribution in [3.05, 3.63) is 12.2 Å². The maximum absolute atomic E-state index is 15.6. The van der Waals surface area contributed by atoms with Crippen molar-refractivity contribution < 1.29 is 62.6 Å². The summed E-state index contributed by atoms with van der Waals surface area (Å²) in [5.74, 6) is -9.38. The molecule has 11 amide bonds. The second-order valence-corrected chi connectivity index (χ2v) is 30.9. The number of nitrogens with one attached hydrogen (secondary N) is 4. The van der Waals surface area contributed by atoms with E-state index in [2.05, 4.69) is 26.2 Å². The molecule has 0 aliphatic carbocycles. The third kappa shape index (κ3) is 26.2. The molecule has 1 heterocycles. The third-order valence-electron chi connectivity index (χ3n) is 18.3. The topological polar surface area (TPSA) is 291 Å². The van der Waals surface area contributed by atoms with Crippen LogP contribution in [0.25, 0.3) is 0 Å². The molecule has 0 radical (unpaired) electrons. The second-order valence-electron chi connectivity index (χ2n) is 28.9. The first kappa shape index (κ1) is 89.5. The number of hydrogen-bond acceptors (Lipinski definition) is 16. The Morgan fingerprint density at radius 1 is 0.536 bits per heavy atom. The number of aliphatic hydroxyl groups is 1. The molecule has 1 aliphatic heterocycles. The van der Waals surface area contributed by atoms with Gasteiger partial charge in [-0.15, -0.1) is 23.5 Å². The van der Waals surface area contributed by atoms with Gasteiger partial charge >= 0.3 is 0 Å². The molecule has 1 fully saturated rings. The van der Waals surface area contributed by atoms with Crippen molar-refractivity contribution in [3.63, 3.8) is 0 Å². The van der Waals surface area contributed by atoms with E-state index in [4.69, 9.17) is 4.74 Å². The van der Waals surface area contributed by atoms with Gasteiger partial charge < -0.3 is 70.3 Å². The summed E-state index contributed by atoms with van der Waals surface area (Å²) < 4.78 is 6.25. The van der Waals surface area contributed by atoms with Crippen molar-refractivity contribution in [2.75, 3.05) is 86.9 Å². The number of allylic oxidation sites excluding steroid dienone is 2. The number of amides is 11. The van der Waals surface area contributed by atoms with Gasteiger partial charge in [-0.2, -0.15) is 0 Å². The Balaban J connectivity index is 4.66. The summed E-state index contributed by atoms with van der Waals surface area (Å²) >= 11 is 2.57. The zero-order valence-corrected chi connectivity index (χ0v) is 65.7. The number of carbonyl (C=O) groups is 11. The number of hydrogen-bond donors (Lipinski definition) is 5. The van der Waals surface area contributed by atoms with Gasteiger partial charge in [0.25, 0.3) is 5.91 Å². The van der Waals surface area contributed by atoms with Crippen LogP contribution in [-0.4, -0.2) is 274 Å². The van der Waals surface area contributed by atoms with Gasteiger partial charge in [0.1, 0.15) is 60.4 Å². The number of rotatable bonds is 24. The van der Waals surface area contributed by atoms with Crippen LogP contribution in [-0.2, 0) is 57.5 Å². The average molecular weight is 1410 g/mol. The number of likely N-dealkylation sites (N-methyl/N-ethyl adjacent to an activating group) is 7. The van der Waals surface area contributed by atoms with Gasteiger partial charge in [0.15, 0.2) is 5.37 Å². The molecule has 5 N–H and O–H groups in total. The molecule has 97 heavy (non-hydrogen) atoms. The van der Waals surface area contributed by atoms with Crippen LogP contribution < -0.4 is 21.3 Å². The first-order chi connectivity index (χ1) is 45.0. The van der Waals surface area contributed by atoms with E-state index in [-0.39, 0.29) is 55.8 Å². The third-order valence-corrected chi connectivity index (χ3v) is 19.9. The summed E-state index contributed by atoms with van der Waals surface area (Å²) in [6.45, 7) is 35.7. The predicted octanol–water partition coefficient (Wildman–Crippen LogP) is 5.13. The van der Waals surface area contributed by atoms with Crippen molar-refractivity contribution in [1.29, 1.82) is 0 Å². The summed E-state index contributed by atoms with van der Waals surface area (Å²) in [5, 5.41) is 22.3. The molecule has 0 spiro atoms. The zero-order valence-electron chi connectivity index (χ0n) is 64.1. The maximum Gasteiger partial charge on any atom is 0.256 e. The van der Waals surface area contributed by atoms with Crippen molar-refractivity contribution in [1.82, 2.24) is 60.5 Å². The number of aliphatic hydroxyl groups excluding tert-OH is 1. The van der Waals surface area contributed by atoms with E-state index in [1.807, 2.05) is 74.6 Å². The van der Waals surface area contributed by atoms with Crippen LogP contribution in [0.4, 0.5) is 0 Å². The fourth-order valence-corrected chi connectivity index (χ4v) is 13.6. The molecule has 25 nitrogen and oxygen atoms in total. The summed E-state index contributed by atoms with van der Waals surface area (Å²) in [5.41, 5.74) is -1.06. The lowest BCUT2D eigenvalue weighted by Gasteiger charge is -2.41. The van der Waals surface area contributed by atoms with Crippen LogP contribution in [0, 0.1) is 35.5 Å². The lowest BCUT2D eigenvalue weighted by Crippen LogP contribution is -2.64. The fourth-order valence-electron chi connectivity index (χ4n) is 12.0. The van der Waals surface area contributed by atoms with Gasteiger partial charge in [-0.3, -0.25) is 52.7 Å². The van der Waals surface area contributed by atoms with Crippen molar-refractivity contribution in [2.45, 2.75) is 248 Å². The van der Waals surface area contributed by atoms with E-state index >= 15 is 38.4 Å². The number of carbonyl (C=O) groups excluding carboxylic acids is 11. The first-order valence-corrected chi connectivity index (χ1v) is 37.2. The molecule has 0 bridgehead atoms. The van der Waals surface area contributed by atoms with Crippen molar-refractivity contribution >= 4 is 88.5 Å². The van der Waals surface area contributed by atoms with E-state index in [9.17, 15) is 19.5 Å². The SMILES string of the molecule is C/C=C/C[C@@H](C)[C@@H](O)[C@H]1C(=O)N[C@@H](CC)C(=O)N(C)[C@H](SCCN(CC)CC)C(=O)N(C)[C@@H](CC(C)(C)OCSC)C(=O)N[C@@H](C(C)C)C(=O)N(C)[C@@H](CC(C)C)C(=O)N[C@@H](C)C(=O)N[C@H](C)C(=O)N(C)[C@@H](CC(C)C)C(=O)N(C)[C@@H](CC(C)C)C(=O)N(C)[C@@H](C(C)C)C(=O)N1C. The molecular weight excluding hydrogens is 1280 g/mol. The van der Waals surface area contributed by atoms with E-state index in [0.29, 0.717) is 31.8 Å². The van der Waals surface area contributed by atoms with Gasteiger partial charge in [-0.25, -0.2) is 0 Å². The minimum Gasteiger partial charge on any atom is -0.390 e. The van der Waals surface area contributed by atoms with E-state index in [1.165, 1.54) is 104 Å². The highest BCUT2D eigenvalue weighted by molar-refractivity contribution is 8.00. The Kier molecular flexibility index (Phi) is 38.7. The molecule has 0 unspecified atom stereocenters. The highest BCUT2D eigenvalue weighted by Gasteiger charge is 2.47. The molecule has 13 atom stereocenters. The molecule has 0 aromatic rings. The lowest BCUT2D eigenvalue weighted by molar-refractivity contribution is -0.157. The quantitative estimate of drug-likeness (QED) is 0.0618. The summed E-state index contributed by atoms with van der Waals surface area (Å²) in [4.78, 5) is 176. The minimum absolute atomic E-state index is 0.0144. The highest BCUT2D eigenvalue weighted by Crippen LogP contribution is 2.29. The average Bonchev–Trinajstić information content (AvgIpc) is 0.813. The zero-order chi connectivity index (χ0) is 75.0. The summed E-state index contributed by atoms with van der Waals surface area (Å²) in [7, 11) is 10.0. The van der Waals surface area contributed by atoms with Gasteiger partial charge in [-0.05, 0) is 122 Å². The number of thioether (sulfide) groups is 2. The Hall–Kier alpha value is -5.51. The minimum atomic E-state index is -1.65. The van der Waals surface area contributed by atoms with Crippen LogP contribution in [0.15, 0.2) is 12.2 Å². The standard InChI is InChI=1S/C70H128N12O13S2/c1-28-32-33-46(15)57(83)56-61(87)73-49(29-2)63(89)81(26)69(97-35-34-82(30-3)31-4)68(94)78(23)53(39-70(18,19)95-40-96-27)60(86)74-54(44(11)12)66(92)75(20)50(36-41(5)6)59(85)71-47(16)58(84)72-48(17)62(88)76(21)51(37-42(7)8)64(90)77(22)52(38-43(9)10)65(91)79(24)55(45(13)14)67(93)80(56)25/h28,32,41-57,69,83H,29-31,33-40H2,1-27H3,(H,71,85)(H,72,84)(H,73,87)(H,74,86)/b32-28+/t46-,47+,48-,49+,50+,51+,52+,53+,54+,55+,56+,57-,69-/m1/s1. The van der Waals surface area contributed by atoms with E-state index < -0.39 is 160 Å². The number of ether oxygens (including phenoxy) is 1. The largest absolute Gasteiger partial charge is 0.390 e. The number of nitrogens with zero attached hydrogens (tertiary/aromatic N) is 8. The van der Waals surface area contributed by atoms with Gasteiger partial charge in [0.2, 0.25) is 59.1 Å². The van der Waals surface area contributed by atoms with E-state index in [0.717, 1.165) is 16.7 Å². The first-order valence-electron chi connectivity index (χ1n) is 34.8. The van der Waals surface area contributed by atoms with Crippen LogP contribution in [0.1, 0.15) is 170 Å².